The number of esters is 1. The van der Waals surface area contributed by atoms with Gasteiger partial charge in [-0.2, -0.15) is 0 Å². The molecule has 0 fully saturated rings. The number of hydrogen-bond donors (Lipinski definition) is 3. The lowest BCUT2D eigenvalue weighted by atomic mass is 10.1. The van der Waals surface area contributed by atoms with Crippen molar-refractivity contribution >= 4 is 34.4 Å². The summed E-state index contributed by atoms with van der Waals surface area (Å²) >= 11 is 0. The number of carbonyl (C=O) groups is 3. The first kappa shape index (κ1) is 22.1. The number of para-hydroxylation sites is 1. The molecule has 0 aliphatic heterocycles. The summed E-state index contributed by atoms with van der Waals surface area (Å²) in [5.41, 5.74) is 6.00. The molecule has 0 radical (unpaired) electrons. The van der Waals surface area contributed by atoms with Crippen LogP contribution < -0.4 is 10.6 Å². The fourth-order valence-electron chi connectivity index (χ4n) is 3.38. The number of nitrogens with one attached hydrogen (secondary N) is 3. The molecule has 1 heterocycles. The predicted octanol–water partition coefficient (Wildman–Crippen LogP) is 3.70. The van der Waals surface area contributed by atoms with Crippen molar-refractivity contribution < 1.29 is 19.1 Å². The molecule has 0 aliphatic carbocycles. The van der Waals surface area contributed by atoms with Crippen molar-refractivity contribution in [2.24, 2.45) is 0 Å². The van der Waals surface area contributed by atoms with E-state index in [0.29, 0.717) is 5.56 Å². The molecule has 3 rings (SSSR count). The van der Waals surface area contributed by atoms with Crippen LogP contribution in [0.15, 0.2) is 36.4 Å². The van der Waals surface area contributed by atoms with E-state index in [2.05, 4.69) is 15.6 Å². The molecular weight excluding hydrogens is 394 g/mol. The van der Waals surface area contributed by atoms with Crippen molar-refractivity contribution in [3.8, 4) is 0 Å². The number of aromatic nitrogens is 1. The first-order valence-electron chi connectivity index (χ1n) is 10.1. The number of aryl methyl sites for hydroxylation is 4. The number of carbonyl (C=O) groups excluding carboxylic acids is 3. The third kappa shape index (κ3) is 4.94. The maximum absolute atomic E-state index is 12.5. The number of hydrogen-bond acceptors (Lipinski definition) is 4. The molecule has 0 saturated carbocycles. The number of amides is 2. The minimum absolute atomic E-state index is 0.220. The van der Waals surface area contributed by atoms with Crippen molar-refractivity contribution in [3.05, 3.63) is 64.3 Å². The molecule has 7 nitrogen and oxygen atoms in total. The van der Waals surface area contributed by atoms with E-state index >= 15 is 0 Å². The van der Waals surface area contributed by atoms with Crippen LogP contribution in [0, 0.1) is 27.7 Å². The number of anilines is 1. The van der Waals surface area contributed by atoms with E-state index in [4.69, 9.17) is 4.74 Å². The van der Waals surface area contributed by atoms with Gasteiger partial charge in [-0.25, -0.2) is 4.79 Å². The summed E-state index contributed by atoms with van der Waals surface area (Å²) in [7, 11) is 0. The highest BCUT2D eigenvalue weighted by Gasteiger charge is 2.20. The molecule has 7 heteroatoms. The Bertz CT molecular complexity index is 1140. The molecule has 0 bridgehead atoms. The molecule has 0 spiro atoms. The third-order valence-electron chi connectivity index (χ3n) is 5.37. The summed E-state index contributed by atoms with van der Waals surface area (Å²) < 4.78 is 5.29. The largest absolute Gasteiger partial charge is 0.449 e. The molecule has 2 aromatic carbocycles. The highest BCUT2D eigenvalue weighted by atomic mass is 16.5. The van der Waals surface area contributed by atoms with Crippen LogP contribution in [-0.4, -0.2) is 35.4 Å². The summed E-state index contributed by atoms with van der Waals surface area (Å²) in [6.45, 7) is 9.00. The summed E-state index contributed by atoms with van der Waals surface area (Å²) in [5.74, 6) is -1.49. The highest BCUT2D eigenvalue weighted by Crippen LogP contribution is 2.23. The number of ether oxygens (including phenoxy) is 1. The van der Waals surface area contributed by atoms with Crippen molar-refractivity contribution in [2.75, 3.05) is 11.9 Å². The Labute approximate surface area is 181 Å². The average molecular weight is 421 g/mol. The topological polar surface area (TPSA) is 100 Å². The van der Waals surface area contributed by atoms with Crippen LogP contribution in [-0.2, 0) is 14.3 Å². The summed E-state index contributed by atoms with van der Waals surface area (Å²) in [6, 6.07) is 10.9. The van der Waals surface area contributed by atoms with Gasteiger partial charge in [-0.05, 0) is 69.5 Å². The van der Waals surface area contributed by atoms with Crippen molar-refractivity contribution in [1.29, 1.82) is 0 Å². The third-order valence-corrected chi connectivity index (χ3v) is 5.37. The Kier molecular flexibility index (Phi) is 6.44. The summed E-state index contributed by atoms with van der Waals surface area (Å²) in [4.78, 5) is 40.2. The van der Waals surface area contributed by atoms with Gasteiger partial charge in [0.15, 0.2) is 6.10 Å². The first-order chi connectivity index (χ1) is 14.7. The number of H-pyrrole nitrogens is 1. The zero-order valence-electron chi connectivity index (χ0n) is 18.4. The van der Waals surface area contributed by atoms with Crippen molar-refractivity contribution in [1.82, 2.24) is 10.3 Å². The zero-order valence-corrected chi connectivity index (χ0v) is 18.4. The number of aromatic amines is 1. The fraction of sp³-hybridized carbons (Fsp3) is 0.292. The number of fused-ring (bicyclic) bond motifs is 1. The summed E-state index contributed by atoms with van der Waals surface area (Å²) in [6.07, 6.45) is -1.04. The Balaban J connectivity index is 1.56. The average Bonchev–Trinajstić information content (AvgIpc) is 3.02. The maximum atomic E-state index is 12.5. The van der Waals surface area contributed by atoms with Crippen molar-refractivity contribution in [2.45, 2.75) is 40.7 Å². The number of rotatable bonds is 6. The van der Waals surface area contributed by atoms with Gasteiger partial charge in [-0.3, -0.25) is 9.59 Å². The second-order valence-electron chi connectivity index (χ2n) is 7.72. The molecule has 2 amide bonds. The molecule has 1 aromatic heterocycles. The molecule has 162 valence electrons. The minimum Gasteiger partial charge on any atom is -0.449 e. The van der Waals surface area contributed by atoms with Gasteiger partial charge in [0.05, 0.1) is 12.1 Å². The van der Waals surface area contributed by atoms with Gasteiger partial charge >= 0.3 is 5.97 Å². The summed E-state index contributed by atoms with van der Waals surface area (Å²) in [5, 5.41) is 6.24. The molecule has 1 atom stereocenters. The van der Waals surface area contributed by atoms with Gasteiger partial charge in [0, 0.05) is 22.3 Å². The van der Waals surface area contributed by atoms with E-state index < -0.39 is 18.0 Å². The Morgan fingerprint density at radius 3 is 2.39 bits per heavy atom. The monoisotopic (exact) mass is 421 g/mol. The Hall–Kier alpha value is -3.61. The van der Waals surface area contributed by atoms with Crippen LogP contribution in [0.4, 0.5) is 5.69 Å². The van der Waals surface area contributed by atoms with Gasteiger partial charge in [0.25, 0.3) is 5.91 Å². The van der Waals surface area contributed by atoms with E-state index in [9.17, 15) is 14.4 Å². The molecule has 0 aliphatic rings. The quantitative estimate of drug-likeness (QED) is 0.528. The van der Waals surface area contributed by atoms with Crippen LogP contribution >= 0.6 is 0 Å². The second kappa shape index (κ2) is 9.04. The predicted molar refractivity (Wildman–Crippen MR) is 120 cm³/mol. The van der Waals surface area contributed by atoms with Crippen LogP contribution in [0.2, 0.25) is 0 Å². The minimum atomic E-state index is -1.04. The van der Waals surface area contributed by atoms with Gasteiger partial charge < -0.3 is 20.4 Å². The SMILES string of the molecule is Cc1cccc(C)c1NC(=O)CNC(=O)[C@@H](C)OC(=O)c1ccc2[nH]c(C)c(C)c2c1. The van der Waals surface area contributed by atoms with Gasteiger partial charge in [-0.15, -0.1) is 0 Å². The van der Waals surface area contributed by atoms with E-state index in [-0.39, 0.29) is 12.5 Å². The molecule has 0 unspecified atom stereocenters. The Morgan fingerprint density at radius 1 is 1.03 bits per heavy atom. The van der Waals surface area contributed by atoms with Crippen LogP contribution in [0.5, 0.6) is 0 Å². The lowest BCUT2D eigenvalue weighted by Crippen LogP contribution is -2.40. The molecule has 3 N–H and O–H groups in total. The second-order valence-corrected chi connectivity index (χ2v) is 7.72. The molecule has 31 heavy (non-hydrogen) atoms. The van der Waals surface area contributed by atoms with E-state index in [1.165, 1.54) is 6.92 Å². The van der Waals surface area contributed by atoms with Crippen LogP contribution in [0.1, 0.15) is 39.7 Å². The molecule has 3 aromatic rings. The standard InChI is InChI=1S/C24H27N3O4/c1-13-7-6-8-14(2)22(13)27-21(28)12-25-23(29)17(5)31-24(30)18-9-10-20-19(11-18)15(3)16(4)26-20/h6-11,17,26H,12H2,1-5H3,(H,25,29)(H,27,28)/t17-/m1/s1. The maximum Gasteiger partial charge on any atom is 0.338 e. The number of benzene rings is 2. The van der Waals surface area contributed by atoms with Gasteiger partial charge in [0.2, 0.25) is 5.91 Å². The van der Waals surface area contributed by atoms with E-state index in [1.807, 2.05) is 52.0 Å². The van der Waals surface area contributed by atoms with Crippen LogP contribution in [0.25, 0.3) is 10.9 Å². The van der Waals surface area contributed by atoms with E-state index in [1.54, 1.807) is 12.1 Å². The molecular formula is C24H27N3O4. The first-order valence-corrected chi connectivity index (χ1v) is 10.1. The van der Waals surface area contributed by atoms with Crippen molar-refractivity contribution in [3.63, 3.8) is 0 Å². The zero-order chi connectivity index (χ0) is 22.7. The smallest absolute Gasteiger partial charge is 0.338 e. The fourth-order valence-corrected chi connectivity index (χ4v) is 3.38. The lowest BCUT2D eigenvalue weighted by Gasteiger charge is -2.15. The van der Waals surface area contributed by atoms with Gasteiger partial charge in [0.1, 0.15) is 0 Å². The normalized spacial score (nSPS) is 11.8. The van der Waals surface area contributed by atoms with E-state index in [0.717, 1.165) is 39.0 Å². The Morgan fingerprint density at radius 2 is 1.71 bits per heavy atom. The van der Waals surface area contributed by atoms with Crippen LogP contribution in [0.3, 0.4) is 0 Å². The lowest BCUT2D eigenvalue weighted by molar-refractivity contribution is -0.130. The molecule has 0 saturated heterocycles. The highest BCUT2D eigenvalue weighted by molar-refractivity contribution is 5.98. The van der Waals surface area contributed by atoms with Gasteiger partial charge in [-0.1, -0.05) is 18.2 Å².